The van der Waals surface area contributed by atoms with Gasteiger partial charge in [-0.2, -0.15) is 0 Å². The second kappa shape index (κ2) is 3.13. The van der Waals surface area contributed by atoms with Crippen LogP contribution in [0.1, 0.15) is 32.1 Å². The Morgan fingerprint density at radius 3 is 2.69 bits per heavy atom. The summed E-state index contributed by atoms with van der Waals surface area (Å²) < 4.78 is 0. The first-order valence-electron chi connectivity index (χ1n) is 5.85. The topological polar surface area (TPSA) is 12.0 Å². The summed E-state index contributed by atoms with van der Waals surface area (Å²) in [5.41, 5.74) is 0. The lowest BCUT2D eigenvalue weighted by Gasteiger charge is -2.32. The van der Waals surface area contributed by atoms with Crippen LogP contribution in [-0.4, -0.2) is 12.6 Å². The SMILES string of the molecule is C1=CC2CC1CC2C1CCCCN1. The van der Waals surface area contributed by atoms with Gasteiger partial charge in [-0.1, -0.05) is 18.6 Å². The number of allylic oxidation sites excluding steroid dienone is 2. The Kier molecular flexibility index (Phi) is 1.93. The number of hydrogen-bond acceptors (Lipinski definition) is 1. The van der Waals surface area contributed by atoms with E-state index in [0.29, 0.717) is 0 Å². The van der Waals surface area contributed by atoms with Crippen molar-refractivity contribution >= 4 is 0 Å². The Balaban J connectivity index is 1.68. The Morgan fingerprint density at radius 2 is 2.08 bits per heavy atom. The lowest BCUT2D eigenvalue weighted by atomic mass is 9.83. The van der Waals surface area contributed by atoms with Crippen LogP contribution in [0.3, 0.4) is 0 Å². The molecule has 72 valence electrons. The van der Waals surface area contributed by atoms with E-state index in [9.17, 15) is 0 Å². The van der Waals surface area contributed by atoms with Crippen molar-refractivity contribution in [3.8, 4) is 0 Å². The van der Waals surface area contributed by atoms with Gasteiger partial charge in [-0.15, -0.1) is 0 Å². The van der Waals surface area contributed by atoms with E-state index in [0.717, 1.165) is 23.8 Å². The second-order valence-corrected chi connectivity index (χ2v) is 5.00. The zero-order chi connectivity index (χ0) is 8.67. The minimum Gasteiger partial charge on any atom is -0.314 e. The molecule has 0 radical (unpaired) electrons. The maximum atomic E-state index is 3.71. The zero-order valence-corrected chi connectivity index (χ0v) is 8.21. The van der Waals surface area contributed by atoms with Gasteiger partial charge >= 0.3 is 0 Å². The molecule has 1 aliphatic heterocycles. The molecule has 2 fully saturated rings. The molecule has 3 aliphatic rings. The lowest BCUT2D eigenvalue weighted by Crippen LogP contribution is -2.41. The van der Waals surface area contributed by atoms with Crippen LogP contribution in [0.25, 0.3) is 0 Å². The van der Waals surface area contributed by atoms with Crippen LogP contribution >= 0.6 is 0 Å². The number of fused-ring (bicyclic) bond motifs is 2. The molecule has 4 unspecified atom stereocenters. The molecule has 1 N–H and O–H groups in total. The number of hydrogen-bond donors (Lipinski definition) is 1. The predicted octanol–water partition coefficient (Wildman–Crippen LogP) is 2.34. The van der Waals surface area contributed by atoms with Crippen LogP contribution in [0.15, 0.2) is 12.2 Å². The molecule has 0 spiro atoms. The second-order valence-electron chi connectivity index (χ2n) is 5.00. The molecule has 2 bridgehead atoms. The van der Waals surface area contributed by atoms with Gasteiger partial charge in [0, 0.05) is 6.04 Å². The summed E-state index contributed by atoms with van der Waals surface area (Å²) in [4.78, 5) is 0. The molecular weight excluding hydrogens is 158 g/mol. The van der Waals surface area contributed by atoms with Crippen molar-refractivity contribution in [3.63, 3.8) is 0 Å². The molecule has 4 atom stereocenters. The molecule has 1 nitrogen and oxygen atoms in total. The van der Waals surface area contributed by atoms with Crippen molar-refractivity contribution < 1.29 is 0 Å². The van der Waals surface area contributed by atoms with Crippen molar-refractivity contribution in [1.29, 1.82) is 0 Å². The van der Waals surface area contributed by atoms with Gasteiger partial charge in [0.2, 0.25) is 0 Å². The van der Waals surface area contributed by atoms with Gasteiger partial charge in [-0.25, -0.2) is 0 Å². The highest BCUT2D eigenvalue weighted by Crippen LogP contribution is 2.45. The third-order valence-electron chi connectivity index (χ3n) is 4.20. The van der Waals surface area contributed by atoms with Gasteiger partial charge in [0.1, 0.15) is 0 Å². The molecule has 1 saturated heterocycles. The average molecular weight is 177 g/mol. The van der Waals surface area contributed by atoms with E-state index < -0.39 is 0 Å². The highest BCUT2D eigenvalue weighted by atomic mass is 14.9. The van der Waals surface area contributed by atoms with Gasteiger partial charge in [-0.3, -0.25) is 0 Å². The van der Waals surface area contributed by atoms with Crippen LogP contribution in [0.4, 0.5) is 0 Å². The third kappa shape index (κ3) is 1.34. The predicted molar refractivity (Wildman–Crippen MR) is 54.5 cm³/mol. The molecule has 1 heteroatoms. The Morgan fingerprint density at radius 1 is 1.08 bits per heavy atom. The van der Waals surface area contributed by atoms with E-state index in [1.54, 1.807) is 0 Å². The summed E-state index contributed by atoms with van der Waals surface area (Å²) in [6.07, 6.45) is 12.1. The van der Waals surface area contributed by atoms with E-state index in [1.807, 2.05) is 0 Å². The van der Waals surface area contributed by atoms with Gasteiger partial charge in [-0.05, 0) is 50.0 Å². The normalized spacial score (nSPS) is 48.6. The minimum absolute atomic E-state index is 0.855. The Hall–Kier alpha value is -0.300. The maximum Gasteiger partial charge on any atom is 0.0101 e. The van der Waals surface area contributed by atoms with E-state index in [1.165, 1.54) is 38.6 Å². The van der Waals surface area contributed by atoms with Crippen molar-refractivity contribution in [3.05, 3.63) is 12.2 Å². The fourth-order valence-electron chi connectivity index (χ4n) is 3.53. The molecule has 0 aromatic rings. The molecule has 13 heavy (non-hydrogen) atoms. The summed E-state index contributed by atoms with van der Waals surface area (Å²) >= 11 is 0. The Labute approximate surface area is 80.6 Å². The third-order valence-corrected chi connectivity index (χ3v) is 4.20. The lowest BCUT2D eigenvalue weighted by molar-refractivity contribution is 0.263. The molecule has 1 saturated carbocycles. The molecule has 3 rings (SSSR count). The first-order valence-corrected chi connectivity index (χ1v) is 5.85. The monoisotopic (exact) mass is 177 g/mol. The van der Waals surface area contributed by atoms with Gasteiger partial charge in [0.15, 0.2) is 0 Å². The molecule has 2 aliphatic carbocycles. The van der Waals surface area contributed by atoms with Crippen molar-refractivity contribution in [2.75, 3.05) is 6.54 Å². The first-order chi connectivity index (χ1) is 6.43. The molecule has 1 heterocycles. The number of nitrogens with one attached hydrogen (secondary N) is 1. The highest BCUT2D eigenvalue weighted by molar-refractivity contribution is 5.12. The first kappa shape index (κ1) is 8.05. The van der Waals surface area contributed by atoms with E-state index in [4.69, 9.17) is 0 Å². The van der Waals surface area contributed by atoms with Crippen LogP contribution in [0.5, 0.6) is 0 Å². The highest BCUT2D eigenvalue weighted by Gasteiger charge is 2.39. The van der Waals surface area contributed by atoms with Crippen LogP contribution < -0.4 is 5.32 Å². The molecule has 0 aromatic heterocycles. The zero-order valence-electron chi connectivity index (χ0n) is 8.21. The number of rotatable bonds is 1. The summed E-state index contributed by atoms with van der Waals surface area (Å²) in [5, 5.41) is 3.71. The number of piperidine rings is 1. The molecule has 0 amide bonds. The molecular formula is C12H19N. The van der Waals surface area contributed by atoms with E-state index >= 15 is 0 Å². The maximum absolute atomic E-state index is 3.71. The standard InChI is InChI=1S/C12H19N/c1-2-6-13-12(3-1)11-8-9-4-5-10(11)7-9/h4-5,9-13H,1-3,6-8H2. The smallest absolute Gasteiger partial charge is 0.0101 e. The quantitative estimate of drug-likeness (QED) is 0.606. The molecule has 0 aromatic carbocycles. The minimum atomic E-state index is 0.855. The Bertz CT molecular complexity index is 215. The van der Waals surface area contributed by atoms with Gasteiger partial charge in [0.05, 0.1) is 0 Å². The van der Waals surface area contributed by atoms with E-state index in [-0.39, 0.29) is 0 Å². The fraction of sp³-hybridized carbons (Fsp3) is 0.833. The summed E-state index contributed by atoms with van der Waals surface area (Å²) in [5.74, 6) is 2.86. The van der Waals surface area contributed by atoms with Crippen molar-refractivity contribution in [1.82, 2.24) is 5.32 Å². The van der Waals surface area contributed by atoms with E-state index in [2.05, 4.69) is 17.5 Å². The van der Waals surface area contributed by atoms with Gasteiger partial charge < -0.3 is 5.32 Å². The summed E-state index contributed by atoms with van der Waals surface area (Å²) in [6, 6.07) is 0.855. The average Bonchev–Trinajstić information content (AvgIpc) is 2.80. The largest absolute Gasteiger partial charge is 0.314 e. The van der Waals surface area contributed by atoms with Gasteiger partial charge in [0.25, 0.3) is 0 Å². The van der Waals surface area contributed by atoms with Crippen LogP contribution in [-0.2, 0) is 0 Å². The van der Waals surface area contributed by atoms with Crippen molar-refractivity contribution in [2.45, 2.75) is 38.1 Å². The van der Waals surface area contributed by atoms with Crippen molar-refractivity contribution in [2.24, 2.45) is 17.8 Å². The summed E-state index contributed by atoms with van der Waals surface area (Å²) in [7, 11) is 0. The van der Waals surface area contributed by atoms with Crippen LogP contribution in [0.2, 0.25) is 0 Å². The summed E-state index contributed by atoms with van der Waals surface area (Å²) in [6.45, 7) is 1.27. The fourth-order valence-corrected chi connectivity index (χ4v) is 3.53. The van der Waals surface area contributed by atoms with Crippen LogP contribution in [0, 0.1) is 17.8 Å².